The standard InChI is InChI=1S/C20H12F5N5/c21-17-8-7-14(19(22)28-17)15-5-1-3-12(26-15)11-13-4-2-6-18(27-13)30-10-9-16(29-30)20(23,24)25/h1-10H,11H2. The highest BCUT2D eigenvalue weighted by atomic mass is 19.4. The second kappa shape index (κ2) is 7.62. The van der Waals surface area contributed by atoms with Crippen LogP contribution in [0.25, 0.3) is 17.1 Å². The molecule has 0 aliphatic heterocycles. The lowest BCUT2D eigenvalue weighted by atomic mass is 10.1. The summed E-state index contributed by atoms with van der Waals surface area (Å²) in [5.41, 5.74) is 0.377. The zero-order chi connectivity index (χ0) is 21.3. The zero-order valence-electron chi connectivity index (χ0n) is 15.1. The predicted octanol–water partition coefficient (Wildman–Crippen LogP) is 4.61. The highest BCUT2D eigenvalue weighted by molar-refractivity contribution is 5.58. The topological polar surface area (TPSA) is 56.5 Å². The molecule has 0 aliphatic rings. The van der Waals surface area contributed by atoms with Gasteiger partial charge in [-0.2, -0.15) is 32.0 Å². The van der Waals surface area contributed by atoms with Gasteiger partial charge >= 0.3 is 6.18 Å². The van der Waals surface area contributed by atoms with Crippen LogP contribution in [-0.4, -0.2) is 24.7 Å². The Hall–Kier alpha value is -3.69. The van der Waals surface area contributed by atoms with E-state index in [4.69, 9.17) is 0 Å². The third-order valence-corrected chi connectivity index (χ3v) is 4.17. The molecule has 4 aromatic rings. The van der Waals surface area contributed by atoms with E-state index in [1.54, 1.807) is 30.3 Å². The Balaban J connectivity index is 1.60. The minimum atomic E-state index is -4.54. The first-order valence-electron chi connectivity index (χ1n) is 8.67. The van der Waals surface area contributed by atoms with Crippen molar-refractivity contribution < 1.29 is 22.0 Å². The molecule has 4 rings (SSSR count). The van der Waals surface area contributed by atoms with Crippen molar-refractivity contribution in [1.29, 1.82) is 0 Å². The summed E-state index contributed by atoms with van der Waals surface area (Å²) < 4.78 is 66.3. The van der Waals surface area contributed by atoms with Crippen molar-refractivity contribution in [2.75, 3.05) is 0 Å². The van der Waals surface area contributed by atoms with Gasteiger partial charge in [-0.05, 0) is 42.5 Å². The van der Waals surface area contributed by atoms with E-state index >= 15 is 0 Å². The molecule has 0 unspecified atom stereocenters. The number of halogens is 5. The largest absolute Gasteiger partial charge is 0.435 e. The van der Waals surface area contributed by atoms with Crippen LogP contribution in [-0.2, 0) is 12.6 Å². The Morgan fingerprint density at radius 1 is 0.800 bits per heavy atom. The Morgan fingerprint density at radius 3 is 2.23 bits per heavy atom. The van der Waals surface area contributed by atoms with E-state index in [2.05, 4.69) is 20.1 Å². The van der Waals surface area contributed by atoms with Gasteiger partial charge in [0.25, 0.3) is 0 Å². The molecule has 0 saturated carbocycles. The second-order valence-corrected chi connectivity index (χ2v) is 6.29. The van der Waals surface area contributed by atoms with E-state index in [1.807, 2.05) is 0 Å². The molecule has 0 radical (unpaired) electrons. The van der Waals surface area contributed by atoms with Crippen molar-refractivity contribution in [3.8, 4) is 17.1 Å². The lowest BCUT2D eigenvalue weighted by Crippen LogP contribution is -2.08. The van der Waals surface area contributed by atoms with Gasteiger partial charge in [0.15, 0.2) is 11.5 Å². The van der Waals surface area contributed by atoms with E-state index in [1.165, 1.54) is 18.3 Å². The van der Waals surface area contributed by atoms with E-state index in [0.29, 0.717) is 11.4 Å². The monoisotopic (exact) mass is 417 g/mol. The molecule has 0 aromatic carbocycles. The van der Waals surface area contributed by atoms with Crippen molar-refractivity contribution in [3.63, 3.8) is 0 Å². The van der Waals surface area contributed by atoms with Gasteiger partial charge in [0.05, 0.1) is 11.3 Å². The van der Waals surface area contributed by atoms with E-state index in [9.17, 15) is 22.0 Å². The van der Waals surface area contributed by atoms with Crippen LogP contribution in [0.15, 0.2) is 60.8 Å². The summed E-state index contributed by atoms with van der Waals surface area (Å²) in [6.07, 6.45) is -3.12. The summed E-state index contributed by atoms with van der Waals surface area (Å²) in [6.45, 7) is 0. The van der Waals surface area contributed by atoms with Crippen LogP contribution in [0.2, 0.25) is 0 Å². The van der Waals surface area contributed by atoms with Crippen molar-refractivity contribution in [3.05, 3.63) is 89.8 Å². The van der Waals surface area contributed by atoms with Gasteiger partial charge in [0.2, 0.25) is 11.9 Å². The number of rotatable bonds is 4. The fraction of sp³-hybridized carbons (Fsp3) is 0.100. The number of alkyl halides is 3. The summed E-state index contributed by atoms with van der Waals surface area (Å²) >= 11 is 0. The summed E-state index contributed by atoms with van der Waals surface area (Å²) in [5.74, 6) is -1.69. The van der Waals surface area contributed by atoms with Crippen LogP contribution >= 0.6 is 0 Å². The maximum atomic E-state index is 13.9. The predicted molar refractivity (Wildman–Crippen MR) is 96.6 cm³/mol. The molecule has 30 heavy (non-hydrogen) atoms. The molecule has 0 saturated heterocycles. The summed E-state index contributed by atoms with van der Waals surface area (Å²) in [5, 5.41) is 3.50. The van der Waals surface area contributed by atoms with E-state index < -0.39 is 23.8 Å². The molecular weight excluding hydrogens is 405 g/mol. The summed E-state index contributed by atoms with van der Waals surface area (Å²) in [4.78, 5) is 11.8. The number of hydrogen-bond acceptors (Lipinski definition) is 4. The number of pyridine rings is 3. The fourth-order valence-corrected chi connectivity index (χ4v) is 2.81. The molecule has 0 N–H and O–H groups in total. The van der Waals surface area contributed by atoms with Crippen LogP contribution in [0.3, 0.4) is 0 Å². The van der Waals surface area contributed by atoms with Crippen LogP contribution in [0.1, 0.15) is 17.1 Å². The molecule has 0 fully saturated rings. The van der Waals surface area contributed by atoms with Gasteiger partial charge in [0, 0.05) is 24.0 Å². The van der Waals surface area contributed by atoms with Crippen LogP contribution in [0.4, 0.5) is 22.0 Å². The normalized spacial score (nSPS) is 11.6. The van der Waals surface area contributed by atoms with Crippen molar-refractivity contribution in [2.24, 2.45) is 0 Å². The molecule has 4 aromatic heterocycles. The minimum absolute atomic E-state index is 0.0520. The first-order valence-corrected chi connectivity index (χ1v) is 8.67. The molecule has 0 aliphatic carbocycles. The van der Waals surface area contributed by atoms with Gasteiger partial charge < -0.3 is 0 Å². The lowest BCUT2D eigenvalue weighted by Gasteiger charge is -2.07. The number of hydrogen-bond donors (Lipinski definition) is 0. The molecule has 10 heteroatoms. The maximum absolute atomic E-state index is 13.9. The SMILES string of the molecule is Fc1ccc(-c2cccc(Cc3cccc(-n4ccc(C(F)(F)F)n4)n3)n2)c(F)n1. The maximum Gasteiger partial charge on any atom is 0.435 e. The quantitative estimate of drug-likeness (QED) is 0.359. The molecular formula is C20H12F5N5. The Kier molecular flexibility index (Phi) is 4.98. The minimum Gasteiger partial charge on any atom is -0.252 e. The molecule has 0 atom stereocenters. The van der Waals surface area contributed by atoms with Crippen LogP contribution in [0, 0.1) is 11.9 Å². The smallest absolute Gasteiger partial charge is 0.252 e. The molecule has 152 valence electrons. The molecule has 4 heterocycles. The third-order valence-electron chi connectivity index (χ3n) is 4.17. The molecule has 0 bridgehead atoms. The van der Waals surface area contributed by atoms with E-state index in [0.717, 1.165) is 16.8 Å². The Bertz CT molecular complexity index is 1200. The fourth-order valence-electron chi connectivity index (χ4n) is 2.81. The molecule has 0 spiro atoms. The van der Waals surface area contributed by atoms with Gasteiger partial charge in [-0.3, -0.25) is 4.98 Å². The summed E-state index contributed by atoms with van der Waals surface area (Å²) in [7, 11) is 0. The average Bonchev–Trinajstić information content (AvgIpc) is 3.19. The average molecular weight is 417 g/mol. The lowest BCUT2D eigenvalue weighted by molar-refractivity contribution is -0.141. The van der Waals surface area contributed by atoms with E-state index in [-0.39, 0.29) is 23.5 Å². The molecule has 5 nitrogen and oxygen atoms in total. The van der Waals surface area contributed by atoms with Gasteiger partial charge in [-0.25, -0.2) is 9.67 Å². The van der Waals surface area contributed by atoms with Crippen LogP contribution in [0.5, 0.6) is 0 Å². The number of nitrogens with zero attached hydrogens (tertiary/aromatic N) is 5. The van der Waals surface area contributed by atoms with Crippen molar-refractivity contribution in [2.45, 2.75) is 12.6 Å². The summed E-state index contributed by atoms with van der Waals surface area (Å²) in [6, 6.07) is 12.9. The Labute approximate surface area is 166 Å². The Morgan fingerprint density at radius 2 is 1.53 bits per heavy atom. The zero-order valence-corrected chi connectivity index (χ0v) is 15.1. The van der Waals surface area contributed by atoms with Gasteiger partial charge in [-0.15, -0.1) is 0 Å². The van der Waals surface area contributed by atoms with Gasteiger partial charge in [-0.1, -0.05) is 12.1 Å². The van der Waals surface area contributed by atoms with Crippen molar-refractivity contribution >= 4 is 0 Å². The first kappa shape index (κ1) is 19.6. The second-order valence-electron chi connectivity index (χ2n) is 6.29. The first-order chi connectivity index (χ1) is 14.3. The van der Waals surface area contributed by atoms with Gasteiger partial charge in [0.1, 0.15) is 0 Å². The molecule has 0 amide bonds. The highest BCUT2D eigenvalue weighted by Gasteiger charge is 2.33. The third kappa shape index (κ3) is 4.17. The van der Waals surface area contributed by atoms with Crippen molar-refractivity contribution in [1.82, 2.24) is 24.7 Å². The number of aromatic nitrogens is 5. The highest BCUT2D eigenvalue weighted by Crippen LogP contribution is 2.27. The van der Waals surface area contributed by atoms with Crippen LogP contribution < -0.4 is 0 Å².